The van der Waals surface area contributed by atoms with Crippen molar-refractivity contribution in [3.8, 4) is 0 Å². The van der Waals surface area contributed by atoms with E-state index in [4.69, 9.17) is 4.74 Å². The van der Waals surface area contributed by atoms with Gasteiger partial charge < -0.3 is 19.3 Å². The van der Waals surface area contributed by atoms with Crippen molar-refractivity contribution in [2.24, 2.45) is 7.05 Å². The number of carbonyl (C=O) groups excluding carboxylic acids is 1. The third-order valence-electron chi connectivity index (χ3n) is 4.97. The maximum Gasteiger partial charge on any atom is 0.410 e. The molecule has 0 spiro atoms. The fraction of sp³-hybridized carbons (Fsp3) is 0.650. The monoisotopic (exact) mass is 348 g/mol. The van der Waals surface area contributed by atoms with E-state index in [9.17, 15) is 9.90 Å². The summed E-state index contributed by atoms with van der Waals surface area (Å²) in [7, 11) is 3.74. The highest BCUT2D eigenvalue weighted by atomic mass is 16.6. The van der Waals surface area contributed by atoms with E-state index < -0.39 is 17.1 Å². The number of hydrogen-bond donors (Lipinski definition) is 1. The molecule has 1 aliphatic rings. The summed E-state index contributed by atoms with van der Waals surface area (Å²) < 4.78 is 7.62. The molecule has 0 fully saturated rings. The molecule has 25 heavy (non-hydrogen) atoms. The van der Waals surface area contributed by atoms with Crippen LogP contribution in [0, 0.1) is 0 Å². The van der Waals surface area contributed by atoms with Gasteiger partial charge in [0.2, 0.25) is 0 Å². The lowest BCUT2D eigenvalue weighted by Gasteiger charge is -2.39. The topological polar surface area (TPSA) is 54.7 Å². The lowest BCUT2D eigenvalue weighted by atomic mass is 9.77. The molecule has 1 N–H and O–H groups in total. The second-order valence-corrected chi connectivity index (χ2v) is 8.45. The minimum atomic E-state index is -0.565. The number of aliphatic hydroxyl groups excluding tert-OH is 1. The van der Waals surface area contributed by atoms with Gasteiger partial charge in [-0.1, -0.05) is 26.0 Å². The summed E-state index contributed by atoms with van der Waals surface area (Å²) in [5.74, 6) is 0. The van der Waals surface area contributed by atoms with Crippen LogP contribution >= 0.6 is 0 Å². The number of amides is 1. The van der Waals surface area contributed by atoms with Crippen molar-refractivity contribution in [3.05, 3.63) is 22.3 Å². The highest BCUT2D eigenvalue weighted by molar-refractivity contribution is 5.68. The Morgan fingerprint density at radius 1 is 1.28 bits per heavy atom. The molecule has 0 aromatic carbocycles. The molecule has 1 amide bonds. The highest BCUT2D eigenvalue weighted by Gasteiger charge is 2.38. The molecular weight excluding hydrogens is 316 g/mol. The first-order valence-electron chi connectivity index (χ1n) is 8.92. The molecule has 1 aromatic heterocycles. The van der Waals surface area contributed by atoms with E-state index in [-0.39, 0.29) is 12.6 Å². The van der Waals surface area contributed by atoms with Gasteiger partial charge in [-0.25, -0.2) is 4.79 Å². The van der Waals surface area contributed by atoms with Crippen molar-refractivity contribution >= 4 is 18.2 Å². The molecule has 1 aromatic rings. The number of ether oxygens (including phenoxy) is 1. The van der Waals surface area contributed by atoms with E-state index in [1.807, 2.05) is 27.8 Å². The molecule has 140 valence electrons. The molecule has 0 aliphatic heterocycles. The van der Waals surface area contributed by atoms with Crippen LogP contribution in [0.3, 0.4) is 0 Å². The Kier molecular flexibility index (Phi) is 5.38. The number of carbonyl (C=O) groups is 1. The molecule has 0 bridgehead atoms. The summed E-state index contributed by atoms with van der Waals surface area (Å²) >= 11 is 0. The Bertz CT molecular complexity index is 753. The van der Waals surface area contributed by atoms with Crippen LogP contribution in [0.2, 0.25) is 0 Å². The van der Waals surface area contributed by atoms with Crippen LogP contribution in [0.15, 0.2) is 6.20 Å². The van der Waals surface area contributed by atoms with Crippen LogP contribution in [-0.2, 0) is 17.2 Å². The minimum Gasteiger partial charge on any atom is -0.444 e. The third kappa shape index (κ3) is 3.92. The number of likely N-dealkylation sites (N-methyl/N-ethyl adjacent to an activating group) is 1. The van der Waals surface area contributed by atoms with Crippen LogP contribution in [0.25, 0.3) is 12.2 Å². The molecule has 0 saturated heterocycles. The summed E-state index contributed by atoms with van der Waals surface area (Å²) in [6.45, 7) is 9.55. The molecule has 1 unspecified atom stereocenters. The first-order chi connectivity index (χ1) is 11.5. The predicted molar refractivity (Wildman–Crippen MR) is 101 cm³/mol. The van der Waals surface area contributed by atoms with Crippen molar-refractivity contribution in [1.29, 1.82) is 0 Å². The number of rotatable bonds is 4. The van der Waals surface area contributed by atoms with Crippen LogP contribution in [0.5, 0.6) is 0 Å². The van der Waals surface area contributed by atoms with Crippen molar-refractivity contribution in [2.75, 3.05) is 13.7 Å². The number of fused-ring (bicyclic) bond motifs is 1. The summed E-state index contributed by atoms with van der Waals surface area (Å²) in [6, 6.07) is -0.385. The molecule has 0 saturated carbocycles. The number of aromatic nitrogens is 1. The fourth-order valence-electron chi connectivity index (χ4n) is 3.57. The number of aliphatic hydroxyl groups is 1. The second-order valence-electron chi connectivity index (χ2n) is 8.45. The lowest BCUT2D eigenvalue weighted by molar-refractivity contribution is 0.00635. The van der Waals surface area contributed by atoms with Crippen LogP contribution in [0.1, 0.15) is 53.0 Å². The van der Waals surface area contributed by atoms with Crippen molar-refractivity contribution in [3.63, 3.8) is 0 Å². The number of hydrogen-bond acceptors (Lipinski definition) is 3. The third-order valence-corrected chi connectivity index (χ3v) is 4.97. The molecule has 5 nitrogen and oxygen atoms in total. The molecule has 1 heterocycles. The van der Waals surface area contributed by atoms with Gasteiger partial charge in [0.25, 0.3) is 0 Å². The van der Waals surface area contributed by atoms with E-state index in [1.165, 1.54) is 15.5 Å². The Morgan fingerprint density at radius 3 is 2.44 bits per heavy atom. The number of aryl methyl sites for hydroxylation is 1. The average Bonchev–Trinajstić information content (AvgIpc) is 2.84. The summed E-state index contributed by atoms with van der Waals surface area (Å²) in [4.78, 5) is 14.0. The number of nitrogens with zero attached hydrogens (tertiary/aromatic N) is 2. The summed E-state index contributed by atoms with van der Waals surface area (Å²) in [5, 5.41) is 12.5. The standard InChI is InChI=1S/C20H32N2O3/c1-19(2,3)25-18(24)22(7)17(13-23)20(4,5)15-12-21(6)16-11-9-8-10-14(15)16/h10-12,17,23H,8-9,13H2,1-7H3. The Labute approximate surface area is 150 Å². The quantitative estimate of drug-likeness (QED) is 0.904. The van der Waals surface area contributed by atoms with E-state index >= 15 is 0 Å². The van der Waals surface area contributed by atoms with Crippen LogP contribution in [-0.4, -0.2) is 46.0 Å². The van der Waals surface area contributed by atoms with Crippen molar-refractivity contribution < 1.29 is 14.6 Å². The van der Waals surface area contributed by atoms with E-state index in [0.717, 1.165) is 18.4 Å². The average molecular weight is 348 g/mol. The minimum absolute atomic E-state index is 0.129. The Morgan fingerprint density at radius 2 is 1.88 bits per heavy atom. The SMILES string of the molecule is CN(C(=O)OC(C)(C)C)C(CO)C(C)(C)c1cn(C)c2c1=CCCC=2. The molecule has 1 aliphatic carbocycles. The smallest absolute Gasteiger partial charge is 0.410 e. The maximum atomic E-state index is 12.5. The largest absolute Gasteiger partial charge is 0.444 e. The van der Waals surface area contributed by atoms with Gasteiger partial charge in [-0.2, -0.15) is 0 Å². The van der Waals surface area contributed by atoms with Crippen molar-refractivity contribution in [2.45, 2.75) is 64.5 Å². The Hall–Kier alpha value is -1.75. The fourth-order valence-corrected chi connectivity index (χ4v) is 3.57. The lowest BCUT2D eigenvalue weighted by Crippen LogP contribution is -2.53. The molecule has 0 radical (unpaired) electrons. The van der Waals surface area contributed by atoms with Crippen LogP contribution in [0.4, 0.5) is 4.79 Å². The van der Waals surface area contributed by atoms with Gasteiger partial charge in [-0.15, -0.1) is 0 Å². The first kappa shape index (κ1) is 19.6. The van der Waals surface area contributed by atoms with Gasteiger partial charge in [0.15, 0.2) is 0 Å². The second kappa shape index (κ2) is 6.87. The van der Waals surface area contributed by atoms with E-state index in [1.54, 1.807) is 7.05 Å². The van der Waals surface area contributed by atoms with Gasteiger partial charge in [-0.05, 0) is 44.4 Å². The van der Waals surface area contributed by atoms with Crippen molar-refractivity contribution in [1.82, 2.24) is 9.47 Å². The maximum absolute atomic E-state index is 12.5. The zero-order chi connectivity index (χ0) is 19.0. The van der Waals surface area contributed by atoms with Crippen LogP contribution < -0.4 is 10.6 Å². The van der Waals surface area contributed by atoms with Gasteiger partial charge in [-0.3, -0.25) is 0 Å². The normalized spacial score (nSPS) is 15.7. The molecule has 1 atom stereocenters. The van der Waals surface area contributed by atoms with E-state index in [0.29, 0.717) is 0 Å². The van der Waals surface area contributed by atoms with Gasteiger partial charge in [0.05, 0.1) is 12.6 Å². The van der Waals surface area contributed by atoms with Gasteiger partial charge in [0.1, 0.15) is 5.60 Å². The summed E-state index contributed by atoms with van der Waals surface area (Å²) in [6.07, 6.45) is 8.28. The van der Waals surface area contributed by atoms with Gasteiger partial charge >= 0.3 is 6.09 Å². The Balaban J connectivity index is 2.42. The first-order valence-corrected chi connectivity index (χ1v) is 8.92. The molecular formula is C20H32N2O3. The zero-order valence-corrected chi connectivity index (χ0v) is 16.6. The molecule has 5 heteroatoms. The zero-order valence-electron chi connectivity index (χ0n) is 16.6. The predicted octanol–water partition coefficient (Wildman–Crippen LogP) is 1.89. The summed E-state index contributed by atoms with van der Waals surface area (Å²) in [5.41, 5.74) is 0.160. The van der Waals surface area contributed by atoms with Gasteiger partial charge in [0, 0.05) is 31.1 Å². The van der Waals surface area contributed by atoms with E-state index in [2.05, 4.69) is 36.8 Å². The highest BCUT2D eigenvalue weighted by Crippen LogP contribution is 2.29. The molecule has 2 rings (SSSR count).